The van der Waals surface area contributed by atoms with Crippen molar-refractivity contribution >= 4 is 17.0 Å². The summed E-state index contributed by atoms with van der Waals surface area (Å²) in [6.45, 7) is 7.41. The van der Waals surface area contributed by atoms with E-state index < -0.39 is 0 Å². The number of rotatable bonds is 5. The molecule has 0 aliphatic carbocycles. The van der Waals surface area contributed by atoms with Crippen LogP contribution in [0.1, 0.15) is 16.7 Å². The van der Waals surface area contributed by atoms with Gasteiger partial charge in [-0.1, -0.05) is 17.7 Å². The van der Waals surface area contributed by atoms with Gasteiger partial charge in [0.1, 0.15) is 5.65 Å². The second-order valence-electron chi connectivity index (χ2n) is 6.85. The highest BCUT2D eigenvalue weighted by Crippen LogP contribution is 2.33. The molecule has 0 fully saturated rings. The summed E-state index contributed by atoms with van der Waals surface area (Å²) in [4.78, 5) is 17.8. The Morgan fingerprint density at radius 1 is 1.15 bits per heavy atom. The van der Waals surface area contributed by atoms with Crippen LogP contribution in [-0.2, 0) is 18.8 Å². The van der Waals surface area contributed by atoms with Gasteiger partial charge in [-0.25, -0.2) is 0 Å². The van der Waals surface area contributed by atoms with Crippen LogP contribution in [0.3, 0.4) is 0 Å². The van der Waals surface area contributed by atoms with E-state index in [0.29, 0.717) is 30.1 Å². The molecule has 0 saturated carbocycles. The van der Waals surface area contributed by atoms with Crippen molar-refractivity contribution in [1.82, 2.24) is 14.1 Å². The molecular formula is C20H26N4O2. The molecule has 0 bridgehead atoms. The number of hydrogen-bond donors (Lipinski definition) is 1. The van der Waals surface area contributed by atoms with Crippen molar-refractivity contribution in [2.45, 2.75) is 20.8 Å². The summed E-state index contributed by atoms with van der Waals surface area (Å²) < 4.78 is 8.55. The molecule has 1 aromatic carbocycles. The predicted molar refractivity (Wildman–Crippen MR) is 106 cm³/mol. The van der Waals surface area contributed by atoms with Crippen molar-refractivity contribution in [3.63, 3.8) is 0 Å². The Labute approximate surface area is 153 Å². The smallest absolute Gasteiger partial charge is 0.264 e. The van der Waals surface area contributed by atoms with Gasteiger partial charge in [0.05, 0.1) is 12.0 Å². The number of methoxy groups -OCH3 is 1. The Bertz CT molecular complexity index is 1010. The van der Waals surface area contributed by atoms with Crippen molar-refractivity contribution in [2.75, 3.05) is 25.6 Å². The molecule has 0 radical (unpaired) electrons. The van der Waals surface area contributed by atoms with E-state index in [2.05, 4.69) is 43.2 Å². The highest BCUT2D eigenvalue weighted by atomic mass is 16.5. The monoisotopic (exact) mass is 354 g/mol. The average molecular weight is 354 g/mol. The van der Waals surface area contributed by atoms with Crippen molar-refractivity contribution in [1.29, 1.82) is 0 Å². The van der Waals surface area contributed by atoms with Crippen LogP contribution < -0.4 is 10.9 Å². The van der Waals surface area contributed by atoms with E-state index in [1.807, 2.05) is 17.8 Å². The maximum atomic E-state index is 13.1. The molecule has 0 saturated heterocycles. The van der Waals surface area contributed by atoms with Crippen LogP contribution in [0.15, 0.2) is 23.1 Å². The number of benzene rings is 1. The van der Waals surface area contributed by atoms with Gasteiger partial charge >= 0.3 is 0 Å². The van der Waals surface area contributed by atoms with Gasteiger partial charge in [0, 0.05) is 39.5 Å². The van der Waals surface area contributed by atoms with E-state index in [-0.39, 0.29) is 5.56 Å². The van der Waals surface area contributed by atoms with E-state index in [4.69, 9.17) is 4.74 Å². The van der Waals surface area contributed by atoms with E-state index in [1.54, 1.807) is 18.7 Å². The van der Waals surface area contributed by atoms with Gasteiger partial charge in [-0.3, -0.25) is 9.36 Å². The van der Waals surface area contributed by atoms with Gasteiger partial charge in [0.2, 0.25) is 5.95 Å². The molecule has 6 nitrogen and oxygen atoms in total. The van der Waals surface area contributed by atoms with Gasteiger partial charge in [-0.05, 0) is 37.5 Å². The van der Waals surface area contributed by atoms with Crippen LogP contribution >= 0.6 is 0 Å². The van der Waals surface area contributed by atoms with Gasteiger partial charge < -0.3 is 14.6 Å². The molecule has 138 valence electrons. The zero-order valence-electron chi connectivity index (χ0n) is 16.3. The zero-order chi connectivity index (χ0) is 19.0. The molecule has 0 aliphatic heterocycles. The van der Waals surface area contributed by atoms with Crippen LogP contribution in [0.25, 0.3) is 22.2 Å². The maximum absolute atomic E-state index is 13.1. The number of anilines is 1. The number of hydrogen-bond acceptors (Lipinski definition) is 4. The first kappa shape index (κ1) is 18.2. The van der Waals surface area contributed by atoms with Crippen LogP contribution in [0.2, 0.25) is 0 Å². The lowest BCUT2D eigenvalue weighted by atomic mass is 9.94. The first-order valence-electron chi connectivity index (χ1n) is 8.72. The fourth-order valence-electron chi connectivity index (χ4n) is 3.62. The van der Waals surface area contributed by atoms with Gasteiger partial charge in [0.25, 0.3) is 5.56 Å². The molecule has 0 atom stereocenters. The molecule has 1 N–H and O–H groups in total. The van der Waals surface area contributed by atoms with Crippen molar-refractivity contribution in [2.24, 2.45) is 14.1 Å². The number of nitrogens with one attached hydrogen (secondary N) is 1. The molecule has 2 aromatic heterocycles. The first-order chi connectivity index (χ1) is 12.3. The Kier molecular flexibility index (Phi) is 4.87. The summed E-state index contributed by atoms with van der Waals surface area (Å²) in [7, 11) is 5.32. The number of aryl methyl sites for hydroxylation is 4. The Hall–Kier alpha value is -2.60. The number of fused-ring (bicyclic) bond motifs is 1. The lowest BCUT2D eigenvalue weighted by Crippen LogP contribution is -2.24. The molecule has 26 heavy (non-hydrogen) atoms. The third kappa shape index (κ3) is 3.01. The lowest BCUT2D eigenvalue weighted by Gasteiger charge is -2.12. The Morgan fingerprint density at radius 3 is 2.42 bits per heavy atom. The average Bonchev–Trinajstić information content (AvgIpc) is 2.88. The first-order valence-corrected chi connectivity index (χ1v) is 8.72. The van der Waals surface area contributed by atoms with E-state index in [9.17, 15) is 4.79 Å². The van der Waals surface area contributed by atoms with Gasteiger partial charge in [0.15, 0.2) is 0 Å². The summed E-state index contributed by atoms with van der Waals surface area (Å²) >= 11 is 0. The van der Waals surface area contributed by atoms with E-state index in [1.165, 1.54) is 16.7 Å². The van der Waals surface area contributed by atoms with Crippen molar-refractivity contribution in [3.8, 4) is 11.1 Å². The number of ether oxygens (including phenoxy) is 1. The van der Waals surface area contributed by atoms with Crippen LogP contribution in [-0.4, -0.2) is 34.4 Å². The summed E-state index contributed by atoms with van der Waals surface area (Å²) in [6.07, 6.45) is 2.00. The summed E-state index contributed by atoms with van der Waals surface area (Å²) in [5.74, 6) is 0.546. The van der Waals surface area contributed by atoms with Crippen LogP contribution in [0, 0.1) is 20.8 Å². The standard InChI is InChI=1S/C20H26N4O2/c1-12-9-13(2)16(14(3)10-12)15-11-23(4)18-17(15)19(25)24(5)20(22-18)21-7-8-26-6/h9-11H,7-8H2,1-6H3,(H,21,22). The minimum absolute atomic E-state index is 0.0510. The van der Waals surface area contributed by atoms with Crippen LogP contribution in [0.4, 0.5) is 5.95 Å². The molecule has 2 heterocycles. The SMILES string of the molecule is COCCNc1nc2c(c(-c3c(C)cc(C)cc3C)cn2C)c(=O)n1C. The molecule has 0 amide bonds. The second kappa shape index (κ2) is 6.96. The topological polar surface area (TPSA) is 61.1 Å². The third-order valence-corrected chi connectivity index (χ3v) is 4.73. The van der Waals surface area contributed by atoms with Gasteiger partial charge in [-0.15, -0.1) is 0 Å². The fourth-order valence-corrected chi connectivity index (χ4v) is 3.62. The van der Waals surface area contributed by atoms with Crippen LogP contribution in [0.5, 0.6) is 0 Å². The molecule has 3 rings (SSSR count). The number of aromatic nitrogens is 3. The minimum atomic E-state index is -0.0510. The normalized spacial score (nSPS) is 11.3. The summed E-state index contributed by atoms with van der Waals surface area (Å²) in [5.41, 5.74) is 6.24. The summed E-state index contributed by atoms with van der Waals surface area (Å²) in [5, 5.41) is 3.82. The molecule has 0 aliphatic rings. The third-order valence-electron chi connectivity index (χ3n) is 4.73. The highest BCUT2D eigenvalue weighted by molar-refractivity contribution is 5.95. The molecule has 3 aromatic rings. The quantitative estimate of drug-likeness (QED) is 0.716. The Balaban J connectivity index is 2.25. The Morgan fingerprint density at radius 2 is 1.81 bits per heavy atom. The molecule has 0 spiro atoms. The van der Waals surface area contributed by atoms with Gasteiger partial charge in [-0.2, -0.15) is 4.98 Å². The fraction of sp³-hybridized carbons (Fsp3) is 0.400. The van der Waals surface area contributed by atoms with E-state index >= 15 is 0 Å². The molecule has 0 unspecified atom stereocenters. The van der Waals surface area contributed by atoms with Crippen molar-refractivity contribution in [3.05, 3.63) is 45.4 Å². The predicted octanol–water partition coefficient (Wildman–Crippen LogP) is 2.92. The maximum Gasteiger partial charge on any atom is 0.264 e. The largest absolute Gasteiger partial charge is 0.383 e. The number of nitrogens with zero attached hydrogens (tertiary/aromatic N) is 3. The highest BCUT2D eigenvalue weighted by Gasteiger charge is 2.19. The molecule has 6 heteroatoms. The summed E-state index contributed by atoms with van der Waals surface area (Å²) in [6, 6.07) is 4.31. The second-order valence-corrected chi connectivity index (χ2v) is 6.85. The minimum Gasteiger partial charge on any atom is -0.383 e. The zero-order valence-corrected chi connectivity index (χ0v) is 16.3. The van der Waals surface area contributed by atoms with Crippen molar-refractivity contribution < 1.29 is 4.74 Å². The lowest BCUT2D eigenvalue weighted by molar-refractivity contribution is 0.210. The molecular weight excluding hydrogens is 328 g/mol. The van der Waals surface area contributed by atoms with E-state index in [0.717, 1.165) is 11.1 Å².